The van der Waals surface area contributed by atoms with Crippen LogP contribution in [0, 0.1) is 0 Å². The van der Waals surface area contributed by atoms with E-state index in [1.807, 2.05) is 30.3 Å². The van der Waals surface area contributed by atoms with E-state index in [0.717, 1.165) is 23.1 Å². The number of carboxylic acid groups (broad SMARTS) is 1. The molecule has 0 unspecified atom stereocenters. The molecule has 0 saturated heterocycles. The number of nitrogens with one attached hydrogen (secondary N) is 1. The largest absolute Gasteiger partial charge is 0.493 e. The maximum absolute atomic E-state index is 12.7. The number of carbonyl (C=O) groups excluding carboxylic acids is 1. The minimum Gasteiger partial charge on any atom is -0.493 e. The summed E-state index contributed by atoms with van der Waals surface area (Å²) < 4.78 is 5.62. The monoisotopic (exact) mass is 371 g/mol. The van der Waals surface area contributed by atoms with Gasteiger partial charge < -0.3 is 15.2 Å². The van der Waals surface area contributed by atoms with Crippen molar-refractivity contribution in [3.63, 3.8) is 0 Å². The molecule has 0 saturated carbocycles. The van der Waals surface area contributed by atoms with Crippen molar-refractivity contribution in [1.29, 1.82) is 0 Å². The molecule has 26 heavy (non-hydrogen) atoms. The van der Waals surface area contributed by atoms with Gasteiger partial charge in [-0.15, -0.1) is 0 Å². The fourth-order valence-corrected chi connectivity index (χ4v) is 4.13. The summed E-state index contributed by atoms with van der Waals surface area (Å²) in [5.41, 5.74) is 2.30. The van der Waals surface area contributed by atoms with E-state index in [-0.39, 0.29) is 25.2 Å². The molecule has 4 rings (SSSR count). The van der Waals surface area contributed by atoms with Crippen molar-refractivity contribution in [2.75, 3.05) is 6.61 Å². The average molecular weight is 372 g/mol. The van der Waals surface area contributed by atoms with Crippen LogP contribution in [0.25, 0.3) is 0 Å². The molecule has 2 aromatic rings. The Balaban J connectivity index is 1.56. The van der Waals surface area contributed by atoms with Gasteiger partial charge in [-0.3, -0.25) is 4.79 Å². The third-order valence-corrected chi connectivity index (χ3v) is 5.29. The molecule has 2 N–H and O–H groups in total. The molecule has 1 amide bonds. The van der Waals surface area contributed by atoms with Crippen molar-refractivity contribution in [2.24, 2.45) is 0 Å². The van der Waals surface area contributed by atoms with E-state index >= 15 is 0 Å². The lowest BCUT2D eigenvalue weighted by molar-refractivity contribution is -0.147. The van der Waals surface area contributed by atoms with Gasteiger partial charge in [0.15, 0.2) is 0 Å². The average Bonchev–Trinajstić information content (AvgIpc) is 3.18. The number of halogens is 1. The van der Waals surface area contributed by atoms with Crippen LogP contribution in [0.1, 0.15) is 22.3 Å². The first-order valence-electron chi connectivity index (χ1n) is 8.52. The molecule has 5 nitrogen and oxygen atoms in total. The molecule has 0 bridgehead atoms. The number of rotatable bonds is 4. The number of hydrogen-bond acceptors (Lipinski definition) is 3. The number of fused-ring (bicyclic) bond motifs is 2. The minimum atomic E-state index is -1.30. The highest BCUT2D eigenvalue weighted by atomic mass is 35.5. The van der Waals surface area contributed by atoms with Gasteiger partial charge in [-0.1, -0.05) is 35.9 Å². The smallest absolute Gasteiger partial charge is 0.330 e. The predicted molar refractivity (Wildman–Crippen MR) is 96.7 cm³/mol. The molecule has 1 aliphatic heterocycles. The zero-order valence-electron chi connectivity index (χ0n) is 14.0. The first kappa shape index (κ1) is 16.9. The highest BCUT2D eigenvalue weighted by Crippen LogP contribution is 2.34. The zero-order chi connectivity index (χ0) is 18.3. The number of benzene rings is 2. The van der Waals surface area contributed by atoms with Crippen molar-refractivity contribution in [3.8, 4) is 5.75 Å². The number of ether oxygens (including phenoxy) is 1. The van der Waals surface area contributed by atoms with Crippen LogP contribution >= 0.6 is 11.6 Å². The van der Waals surface area contributed by atoms with Crippen LogP contribution in [0.15, 0.2) is 36.4 Å². The lowest BCUT2D eigenvalue weighted by Crippen LogP contribution is -2.55. The van der Waals surface area contributed by atoms with Gasteiger partial charge in [0.2, 0.25) is 5.91 Å². The second kappa shape index (κ2) is 6.32. The Hall–Kier alpha value is -2.53. The van der Waals surface area contributed by atoms with Gasteiger partial charge in [-0.25, -0.2) is 4.79 Å². The van der Waals surface area contributed by atoms with E-state index in [1.165, 1.54) is 0 Å². The summed E-state index contributed by atoms with van der Waals surface area (Å²) in [5.74, 6) is -0.668. The lowest BCUT2D eigenvalue weighted by Gasteiger charge is -2.25. The number of aliphatic carboxylic acids is 1. The first-order chi connectivity index (χ1) is 12.5. The summed E-state index contributed by atoms with van der Waals surface area (Å²) in [7, 11) is 0. The molecule has 1 aliphatic carbocycles. The summed E-state index contributed by atoms with van der Waals surface area (Å²) in [6.45, 7) is 0.568. The summed E-state index contributed by atoms with van der Waals surface area (Å²) in [5, 5.41) is 13.1. The first-order valence-corrected chi connectivity index (χ1v) is 8.90. The predicted octanol–water partition coefficient (Wildman–Crippen LogP) is 2.56. The number of hydrogen-bond donors (Lipinski definition) is 2. The van der Waals surface area contributed by atoms with E-state index < -0.39 is 11.5 Å². The zero-order valence-corrected chi connectivity index (χ0v) is 14.8. The Morgan fingerprint density at radius 3 is 2.50 bits per heavy atom. The van der Waals surface area contributed by atoms with Gasteiger partial charge in [0.05, 0.1) is 13.0 Å². The maximum atomic E-state index is 12.7. The number of carbonyl (C=O) groups is 2. The van der Waals surface area contributed by atoms with E-state index in [0.29, 0.717) is 22.9 Å². The standard InChI is InChI=1S/C20H18ClNO4/c21-16-7-12-5-6-26-18(12)15(8-16)9-17(23)22-20(19(24)25)10-13-3-1-2-4-14(13)11-20/h1-4,7-8H,5-6,9-11H2,(H,22,23)(H,24,25). The van der Waals surface area contributed by atoms with Crippen LogP contribution in [0.3, 0.4) is 0 Å². The molecule has 6 heteroatoms. The SMILES string of the molecule is O=C(Cc1cc(Cl)cc2c1OCC2)NC1(C(=O)O)Cc2ccccc2C1. The van der Waals surface area contributed by atoms with Crippen LogP contribution < -0.4 is 10.1 Å². The van der Waals surface area contributed by atoms with Crippen molar-refractivity contribution in [1.82, 2.24) is 5.32 Å². The second-order valence-corrected chi connectivity index (χ2v) is 7.32. The minimum absolute atomic E-state index is 0.0360. The van der Waals surface area contributed by atoms with E-state index in [1.54, 1.807) is 6.07 Å². The van der Waals surface area contributed by atoms with Crippen LogP contribution in [0.2, 0.25) is 5.02 Å². The number of amides is 1. The molecule has 2 aliphatic rings. The number of carboxylic acids is 1. The third kappa shape index (κ3) is 2.92. The quantitative estimate of drug-likeness (QED) is 0.866. The van der Waals surface area contributed by atoms with Gasteiger partial charge in [0, 0.05) is 29.8 Å². The van der Waals surface area contributed by atoms with Crippen LogP contribution in [0.5, 0.6) is 5.75 Å². The fraction of sp³-hybridized carbons (Fsp3) is 0.300. The van der Waals surface area contributed by atoms with Crippen LogP contribution in [0.4, 0.5) is 0 Å². The Morgan fingerprint density at radius 1 is 1.15 bits per heavy atom. The molecule has 134 valence electrons. The normalized spacial score (nSPS) is 16.5. The summed E-state index contributed by atoms with van der Waals surface area (Å²) >= 11 is 6.14. The van der Waals surface area contributed by atoms with Gasteiger partial charge in [-0.2, -0.15) is 0 Å². The summed E-state index contributed by atoms with van der Waals surface area (Å²) in [6, 6.07) is 11.1. The van der Waals surface area contributed by atoms with E-state index in [4.69, 9.17) is 16.3 Å². The lowest BCUT2D eigenvalue weighted by atomic mass is 9.95. The molecule has 0 radical (unpaired) electrons. The highest BCUT2D eigenvalue weighted by molar-refractivity contribution is 6.30. The molecule has 1 heterocycles. The topological polar surface area (TPSA) is 75.6 Å². The second-order valence-electron chi connectivity index (χ2n) is 6.89. The van der Waals surface area contributed by atoms with Crippen molar-refractivity contribution in [2.45, 2.75) is 31.2 Å². The van der Waals surface area contributed by atoms with Gasteiger partial charge in [0.1, 0.15) is 11.3 Å². The molecule has 0 aromatic heterocycles. The molecule has 0 atom stereocenters. The molecule has 2 aromatic carbocycles. The van der Waals surface area contributed by atoms with Crippen molar-refractivity contribution >= 4 is 23.5 Å². The van der Waals surface area contributed by atoms with Crippen LogP contribution in [-0.2, 0) is 35.3 Å². The Kier molecular flexibility index (Phi) is 4.11. The summed E-state index contributed by atoms with van der Waals surface area (Å²) in [6.07, 6.45) is 1.37. The van der Waals surface area contributed by atoms with Gasteiger partial charge >= 0.3 is 5.97 Å². The van der Waals surface area contributed by atoms with E-state index in [2.05, 4.69) is 5.32 Å². The third-order valence-electron chi connectivity index (χ3n) is 5.07. The summed E-state index contributed by atoms with van der Waals surface area (Å²) in [4.78, 5) is 24.6. The maximum Gasteiger partial charge on any atom is 0.330 e. The van der Waals surface area contributed by atoms with Crippen molar-refractivity contribution < 1.29 is 19.4 Å². The highest BCUT2D eigenvalue weighted by Gasteiger charge is 2.45. The molecular formula is C20H18ClNO4. The fourth-order valence-electron chi connectivity index (χ4n) is 3.87. The Bertz CT molecular complexity index is 884. The Labute approximate surface area is 155 Å². The molecule has 0 spiro atoms. The molecular weight excluding hydrogens is 354 g/mol. The van der Waals surface area contributed by atoms with Crippen molar-refractivity contribution in [3.05, 3.63) is 63.7 Å². The van der Waals surface area contributed by atoms with E-state index in [9.17, 15) is 14.7 Å². The Morgan fingerprint density at radius 2 is 1.85 bits per heavy atom. The van der Waals surface area contributed by atoms with Crippen LogP contribution in [-0.4, -0.2) is 29.1 Å². The van der Waals surface area contributed by atoms with Gasteiger partial charge in [0.25, 0.3) is 0 Å². The molecule has 0 fully saturated rings. The van der Waals surface area contributed by atoms with Gasteiger partial charge in [-0.05, 0) is 28.8 Å².